The molecule has 168 valence electrons. The zero-order valence-corrected chi connectivity index (χ0v) is 19.0. The van der Waals surface area contributed by atoms with Gasteiger partial charge in [-0.15, -0.1) is 0 Å². The number of nitrogens with zero attached hydrogens (tertiary/aromatic N) is 2. The Morgan fingerprint density at radius 2 is 1.82 bits per heavy atom. The number of aryl methyl sites for hydroxylation is 2. The summed E-state index contributed by atoms with van der Waals surface area (Å²) in [5, 5.41) is 4.44. The zero-order chi connectivity index (χ0) is 22.9. The van der Waals surface area contributed by atoms with E-state index < -0.39 is 0 Å². The predicted molar refractivity (Wildman–Crippen MR) is 126 cm³/mol. The lowest BCUT2D eigenvalue weighted by Crippen LogP contribution is -2.36. The smallest absolute Gasteiger partial charge is 0.290 e. The number of carbonyl (C=O) groups excluding carboxylic acids is 2. The zero-order valence-electron chi connectivity index (χ0n) is 19.0. The highest BCUT2D eigenvalue weighted by Crippen LogP contribution is 2.31. The second-order valence-corrected chi connectivity index (χ2v) is 8.82. The van der Waals surface area contributed by atoms with Crippen LogP contribution in [0.5, 0.6) is 0 Å². The van der Waals surface area contributed by atoms with Crippen LogP contribution in [0.25, 0.3) is 0 Å². The van der Waals surface area contributed by atoms with E-state index in [0.717, 1.165) is 53.8 Å². The molecule has 0 spiro atoms. The van der Waals surface area contributed by atoms with Gasteiger partial charge in [-0.3, -0.25) is 9.59 Å². The largest absolute Gasteiger partial charge is 0.455 e. The van der Waals surface area contributed by atoms with Gasteiger partial charge in [0.1, 0.15) is 5.76 Å². The highest BCUT2D eigenvalue weighted by atomic mass is 16.4. The van der Waals surface area contributed by atoms with Gasteiger partial charge in [0.2, 0.25) is 0 Å². The molecule has 0 saturated heterocycles. The molecular weight excluding hydrogens is 414 g/mol. The number of fused-ring (bicyclic) bond motifs is 2. The molecule has 1 aliphatic heterocycles. The number of nitrogens with one attached hydrogen (secondary N) is 1. The van der Waals surface area contributed by atoms with Gasteiger partial charge in [-0.25, -0.2) is 5.43 Å². The Morgan fingerprint density at radius 1 is 1.00 bits per heavy atom. The fraction of sp³-hybridized carbons (Fsp3) is 0.296. The number of hydrazone groups is 1. The van der Waals surface area contributed by atoms with Crippen molar-refractivity contribution in [2.45, 2.75) is 46.1 Å². The SMILES string of the molecule is Cc1cccc(C(=O)N/N=C2\CCCc3oc(C(=O)N4CCc5ccccc5C4)c(C)c32)c1. The second-order valence-electron chi connectivity index (χ2n) is 8.82. The average molecular weight is 442 g/mol. The van der Waals surface area contributed by atoms with Crippen LogP contribution in [0.4, 0.5) is 0 Å². The van der Waals surface area contributed by atoms with Crippen LogP contribution in [0.3, 0.4) is 0 Å². The van der Waals surface area contributed by atoms with Crippen molar-refractivity contribution in [1.29, 1.82) is 0 Å². The Hall–Kier alpha value is -3.67. The fourth-order valence-electron chi connectivity index (χ4n) is 4.77. The molecule has 6 heteroatoms. The maximum absolute atomic E-state index is 13.4. The summed E-state index contributed by atoms with van der Waals surface area (Å²) in [6.45, 7) is 5.13. The summed E-state index contributed by atoms with van der Waals surface area (Å²) in [4.78, 5) is 27.8. The Balaban J connectivity index is 1.38. The molecule has 2 aliphatic rings. The van der Waals surface area contributed by atoms with Crippen LogP contribution in [0.2, 0.25) is 0 Å². The second kappa shape index (κ2) is 8.70. The van der Waals surface area contributed by atoms with E-state index in [1.54, 1.807) is 6.07 Å². The van der Waals surface area contributed by atoms with Crippen LogP contribution in [-0.2, 0) is 19.4 Å². The van der Waals surface area contributed by atoms with Gasteiger partial charge in [0.25, 0.3) is 11.8 Å². The normalized spacial score (nSPS) is 16.3. The average Bonchev–Trinajstić information content (AvgIpc) is 3.18. The molecule has 2 heterocycles. The van der Waals surface area contributed by atoms with Crippen molar-refractivity contribution in [3.63, 3.8) is 0 Å². The predicted octanol–water partition coefficient (Wildman–Crippen LogP) is 4.57. The van der Waals surface area contributed by atoms with Gasteiger partial charge in [-0.1, -0.05) is 42.0 Å². The van der Waals surface area contributed by atoms with Crippen molar-refractivity contribution in [2.75, 3.05) is 6.54 Å². The fourth-order valence-corrected chi connectivity index (χ4v) is 4.77. The first-order valence-corrected chi connectivity index (χ1v) is 11.4. The summed E-state index contributed by atoms with van der Waals surface area (Å²) in [5.74, 6) is 0.837. The summed E-state index contributed by atoms with van der Waals surface area (Å²) < 4.78 is 6.09. The molecule has 3 aromatic rings. The highest BCUT2D eigenvalue weighted by molar-refractivity contribution is 6.07. The monoisotopic (exact) mass is 441 g/mol. The Labute approximate surface area is 193 Å². The third kappa shape index (κ3) is 4.09. The van der Waals surface area contributed by atoms with Gasteiger partial charge in [0.15, 0.2) is 5.76 Å². The van der Waals surface area contributed by atoms with Crippen molar-refractivity contribution in [2.24, 2.45) is 5.10 Å². The summed E-state index contributed by atoms with van der Waals surface area (Å²) in [6.07, 6.45) is 3.20. The third-order valence-electron chi connectivity index (χ3n) is 6.51. The van der Waals surface area contributed by atoms with Crippen LogP contribution in [0.15, 0.2) is 58.0 Å². The van der Waals surface area contributed by atoms with E-state index in [1.165, 1.54) is 11.1 Å². The number of rotatable bonds is 3. The molecular formula is C27H27N3O3. The van der Waals surface area contributed by atoms with E-state index in [9.17, 15) is 9.59 Å². The first-order valence-electron chi connectivity index (χ1n) is 11.4. The van der Waals surface area contributed by atoms with Gasteiger partial charge < -0.3 is 9.32 Å². The number of furan rings is 1. The topological polar surface area (TPSA) is 74.9 Å². The van der Waals surface area contributed by atoms with E-state index in [-0.39, 0.29) is 11.8 Å². The van der Waals surface area contributed by atoms with E-state index in [0.29, 0.717) is 24.4 Å². The summed E-state index contributed by atoms with van der Waals surface area (Å²) in [5.41, 5.74) is 9.20. The molecule has 1 aliphatic carbocycles. The Morgan fingerprint density at radius 3 is 2.64 bits per heavy atom. The van der Waals surface area contributed by atoms with Crippen molar-refractivity contribution in [3.8, 4) is 0 Å². The van der Waals surface area contributed by atoms with Crippen LogP contribution in [0, 0.1) is 13.8 Å². The molecule has 0 fully saturated rings. The Kier molecular flexibility index (Phi) is 5.58. The maximum Gasteiger partial charge on any atom is 0.290 e. The van der Waals surface area contributed by atoms with E-state index in [4.69, 9.17) is 4.42 Å². The molecule has 0 atom stereocenters. The molecule has 2 amide bonds. The molecule has 1 aromatic heterocycles. The molecule has 5 rings (SSSR count). The lowest BCUT2D eigenvalue weighted by Gasteiger charge is -2.28. The van der Waals surface area contributed by atoms with Crippen LogP contribution in [-0.4, -0.2) is 29.0 Å². The van der Waals surface area contributed by atoms with Gasteiger partial charge in [0.05, 0.1) is 5.71 Å². The van der Waals surface area contributed by atoms with Gasteiger partial charge in [-0.05, 0) is 56.4 Å². The van der Waals surface area contributed by atoms with Gasteiger partial charge in [0, 0.05) is 36.2 Å². The van der Waals surface area contributed by atoms with Gasteiger partial charge >= 0.3 is 0 Å². The number of benzene rings is 2. The minimum Gasteiger partial charge on any atom is -0.455 e. The van der Waals surface area contributed by atoms with Crippen molar-refractivity contribution < 1.29 is 14.0 Å². The minimum absolute atomic E-state index is 0.0838. The van der Waals surface area contributed by atoms with Crippen molar-refractivity contribution in [1.82, 2.24) is 10.3 Å². The van der Waals surface area contributed by atoms with E-state index in [2.05, 4.69) is 22.7 Å². The van der Waals surface area contributed by atoms with Crippen molar-refractivity contribution in [3.05, 3.63) is 93.4 Å². The summed E-state index contributed by atoms with van der Waals surface area (Å²) in [7, 11) is 0. The third-order valence-corrected chi connectivity index (χ3v) is 6.51. The summed E-state index contributed by atoms with van der Waals surface area (Å²) >= 11 is 0. The minimum atomic E-state index is -0.247. The Bertz CT molecular complexity index is 1270. The van der Waals surface area contributed by atoms with Crippen LogP contribution >= 0.6 is 0 Å². The van der Waals surface area contributed by atoms with E-state index in [1.807, 2.05) is 49.1 Å². The molecule has 0 radical (unpaired) electrons. The number of hydrogen-bond donors (Lipinski definition) is 1. The van der Waals surface area contributed by atoms with Crippen molar-refractivity contribution >= 4 is 17.5 Å². The maximum atomic E-state index is 13.4. The first kappa shape index (κ1) is 21.2. The molecule has 2 aromatic carbocycles. The van der Waals surface area contributed by atoms with Gasteiger partial charge in [-0.2, -0.15) is 5.10 Å². The molecule has 1 N–H and O–H groups in total. The lowest BCUT2D eigenvalue weighted by atomic mass is 9.93. The first-order chi connectivity index (χ1) is 16.0. The van der Waals surface area contributed by atoms with Crippen LogP contribution in [0.1, 0.15) is 67.3 Å². The molecule has 33 heavy (non-hydrogen) atoms. The number of amides is 2. The highest BCUT2D eigenvalue weighted by Gasteiger charge is 2.31. The molecule has 0 saturated carbocycles. The standard InChI is InChI=1S/C27H27N3O3/c1-17-7-5-10-20(15-17)26(31)29-28-22-11-6-12-23-24(22)18(2)25(33-23)27(32)30-14-13-19-8-3-4-9-21(19)16-30/h3-5,7-10,15H,6,11-14,16H2,1-2H3,(H,29,31)/b28-22+. The molecule has 0 unspecified atom stereocenters. The quantitative estimate of drug-likeness (QED) is 0.605. The molecule has 0 bridgehead atoms. The van der Waals surface area contributed by atoms with E-state index >= 15 is 0 Å². The van der Waals surface area contributed by atoms with Crippen LogP contribution < -0.4 is 5.43 Å². The number of carbonyl (C=O) groups is 2. The summed E-state index contributed by atoms with van der Waals surface area (Å²) in [6, 6.07) is 15.7. The molecule has 6 nitrogen and oxygen atoms in total. The number of hydrogen-bond acceptors (Lipinski definition) is 4. The lowest BCUT2D eigenvalue weighted by molar-refractivity contribution is 0.0699.